The number of nitrogens with zero attached hydrogens (tertiary/aromatic N) is 3. The molecule has 1 aromatic carbocycles. The van der Waals surface area contributed by atoms with Crippen molar-refractivity contribution in [1.82, 2.24) is 14.8 Å². The molecule has 0 saturated heterocycles. The van der Waals surface area contributed by atoms with Crippen molar-refractivity contribution in [3.63, 3.8) is 0 Å². The predicted molar refractivity (Wildman–Crippen MR) is 79.0 cm³/mol. The van der Waals surface area contributed by atoms with Crippen LogP contribution in [0.5, 0.6) is 5.75 Å². The number of hydrogen-bond acceptors (Lipinski definition) is 4. The Balaban J connectivity index is 2.23. The van der Waals surface area contributed by atoms with Crippen LogP contribution in [0.4, 0.5) is 0 Å². The van der Waals surface area contributed by atoms with Crippen LogP contribution in [0, 0.1) is 0 Å². The second-order valence-electron chi connectivity index (χ2n) is 4.24. The molecule has 0 spiro atoms. The van der Waals surface area contributed by atoms with Crippen LogP contribution in [-0.4, -0.2) is 27.0 Å². The van der Waals surface area contributed by atoms with Gasteiger partial charge in [0.2, 0.25) is 0 Å². The number of aliphatic hydroxyl groups is 1. The number of rotatable bonds is 3. The van der Waals surface area contributed by atoms with E-state index in [1.165, 1.54) is 0 Å². The van der Waals surface area contributed by atoms with E-state index in [4.69, 9.17) is 4.74 Å². The molecule has 1 N–H and O–H groups in total. The Morgan fingerprint density at radius 3 is 2.95 bits per heavy atom. The molecule has 0 aliphatic rings. The fraction of sp³-hybridized carbons (Fsp3) is 0.143. The quantitative estimate of drug-likeness (QED) is 0.800. The standard InChI is InChI=1S/C14H12BrN3O2/c1-20-13-6-9(15)5-12-11(13)7-16-18(12)14-4-2-3-10(8-19)17-14/h2-7,19H,8H2,1H3. The molecule has 0 fully saturated rings. The van der Waals surface area contributed by atoms with Gasteiger partial charge in [0.1, 0.15) is 5.75 Å². The van der Waals surface area contributed by atoms with Gasteiger partial charge >= 0.3 is 0 Å². The highest BCUT2D eigenvalue weighted by molar-refractivity contribution is 9.10. The molecule has 0 radical (unpaired) electrons. The summed E-state index contributed by atoms with van der Waals surface area (Å²) in [5.74, 6) is 1.41. The van der Waals surface area contributed by atoms with Crippen LogP contribution in [0.1, 0.15) is 5.69 Å². The maximum absolute atomic E-state index is 9.18. The van der Waals surface area contributed by atoms with Crippen molar-refractivity contribution >= 4 is 26.8 Å². The van der Waals surface area contributed by atoms with Gasteiger partial charge in [-0.1, -0.05) is 22.0 Å². The SMILES string of the molecule is COc1cc(Br)cc2c1cnn2-c1cccc(CO)n1. The number of methoxy groups -OCH3 is 1. The molecule has 0 aliphatic carbocycles. The van der Waals surface area contributed by atoms with Crippen LogP contribution in [-0.2, 0) is 6.61 Å². The van der Waals surface area contributed by atoms with Crippen LogP contribution in [0.15, 0.2) is 41.0 Å². The smallest absolute Gasteiger partial charge is 0.154 e. The van der Waals surface area contributed by atoms with Gasteiger partial charge in [0, 0.05) is 4.47 Å². The Hall–Kier alpha value is -1.92. The van der Waals surface area contributed by atoms with E-state index in [9.17, 15) is 5.11 Å². The number of pyridine rings is 1. The van der Waals surface area contributed by atoms with Gasteiger partial charge in [-0.3, -0.25) is 0 Å². The van der Waals surface area contributed by atoms with E-state index in [1.54, 1.807) is 24.1 Å². The molecule has 102 valence electrons. The van der Waals surface area contributed by atoms with Gasteiger partial charge in [-0.05, 0) is 24.3 Å². The number of ether oxygens (including phenoxy) is 1. The summed E-state index contributed by atoms with van der Waals surface area (Å²) in [5, 5.41) is 14.5. The number of aliphatic hydroxyl groups excluding tert-OH is 1. The molecule has 0 bridgehead atoms. The maximum Gasteiger partial charge on any atom is 0.154 e. The lowest BCUT2D eigenvalue weighted by Gasteiger charge is -2.06. The van der Waals surface area contributed by atoms with Gasteiger partial charge in [0.15, 0.2) is 5.82 Å². The van der Waals surface area contributed by atoms with E-state index >= 15 is 0 Å². The van der Waals surface area contributed by atoms with Crippen molar-refractivity contribution in [1.29, 1.82) is 0 Å². The molecular formula is C14H12BrN3O2. The first kappa shape index (κ1) is 13.1. The van der Waals surface area contributed by atoms with Gasteiger partial charge in [0.25, 0.3) is 0 Å². The van der Waals surface area contributed by atoms with Crippen molar-refractivity contribution in [2.45, 2.75) is 6.61 Å². The monoisotopic (exact) mass is 333 g/mol. The third kappa shape index (κ3) is 2.17. The highest BCUT2D eigenvalue weighted by Crippen LogP contribution is 2.30. The van der Waals surface area contributed by atoms with E-state index in [1.807, 2.05) is 24.3 Å². The average Bonchev–Trinajstić information content (AvgIpc) is 2.90. The first-order chi connectivity index (χ1) is 9.72. The van der Waals surface area contributed by atoms with Crippen LogP contribution >= 0.6 is 15.9 Å². The Morgan fingerprint density at radius 1 is 1.35 bits per heavy atom. The van der Waals surface area contributed by atoms with Gasteiger partial charge in [-0.2, -0.15) is 5.10 Å². The van der Waals surface area contributed by atoms with Crippen molar-refractivity contribution < 1.29 is 9.84 Å². The van der Waals surface area contributed by atoms with Gasteiger partial charge in [0.05, 0.1) is 36.5 Å². The summed E-state index contributed by atoms with van der Waals surface area (Å²) in [5.41, 5.74) is 1.49. The molecule has 0 saturated carbocycles. The largest absolute Gasteiger partial charge is 0.496 e. The van der Waals surface area contributed by atoms with Crippen LogP contribution in [0.3, 0.4) is 0 Å². The summed E-state index contributed by atoms with van der Waals surface area (Å²) < 4.78 is 7.99. The Morgan fingerprint density at radius 2 is 2.20 bits per heavy atom. The summed E-state index contributed by atoms with van der Waals surface area (Å²) >= 11 is 3.46. The number of aromatic nitrogens is 3. The van der Waals surface area contributed by atoms with E-state index in [0.717, 1.165) is 21.1 Å². The summed E-state index contributed by atoms with van der Waals surface area (Å²) in [6.45, 7) is -0.0972. The molecule has 0 amide bonds. The van der Waals surface area contributed by atoms with Crippen LogP contribution in [0.25, 0.3) is 16.7 Å². The molecule has 3 aromatic rings. The van der Waals surface area contributed by atoms with Gasteiger partial charge < -0.3 is 9.84 Å². The average molecular weight is 334 g/mol. The van der Waals surface area contributed by atoms with Crippen molar-refractivity contribution in [3.05, 3.63) is 46.7 Å². The molecule has 0 atom stereocenters. The molecule has 2 heterocycles. The molecular weight excluding hydrogens is 322 g/mol. The Labute approximate surface area is 124 Å². The Bertz CT molecular complexity index is 770. The molecule has 0 unspecified atom stereocenters. The lowest BCUT2D eigenvalue weighted by Crippen LogP contribution is -2.01. The minimum absolute atomic E-state index is 0.0972. The van der Waals surface area contributed by atoms with E-state index in [2.05, 4.69) is 26.0 Å². The molecule has 6 heteroatoms. The minimum Gasteiger partial charge on any atom is -0.496 e. The zero-order valence-corrected chi connectivity index (χ0v) is 12.3. The normalized spacial score (nSPS) is 10.9. The van der Waals surface area contributed by atoms with Gasteiger partial charge in [-0.15, -0.1) is 0 Å². The molecule has 5 nitrogen and oxygen atoms in total. The Kier molecular flexibility index (Phi) is 3.42. The summed E-state index contributed by atoms with van der Waals surface area (Å²) in [6.07, 6.45) is 1.74. The first-order valence-corrected chi connectivity index (χ1v) is 6.80. The maximum atomic E-state index is 9.18. The third-order valence-electron chi connectivity index (χ3n) is 3.01. The van der Waals surface area contributed by atoms with Crippen LogP contribution in [0.2, 0.25) is 0 Å². The first-order valence-electron chi connectivity index (χ1n) is 6.01. The number of halogens is 1. The lowest BCUT2D eigenvalue weighted by atomic mass is 10.2. The summed E-state index contributed by atoms with van der Waals surface area (Å²) in [7, 11) is 1.63. The van der Waals surface area contributed by atoms with Crippen molar-refractivity contribution in [2.75, 3.05) is 7.11 Å². The second kappa shape index (κ2) is 5.22. The topological polar surface area (TPSA) is 60.2 Å². The minimum atomic E-state index is -0.0972. The highest BCUT2D eigenvalue weighted by Gasteiger charge is 2.11. The third-order valence-corrected chi connectivity index (χ3v) is 3.46. The number of fused-ring (bicyclic) bond motifs is 1. The van der Waals surface area contributed by atoms with Crippen molar-refractivity contribution in [3.8, 4) is 11.6 Å². The zero-order chi connectivity index (χ0) is 14.1. The molecule has 2 aromatic heterocycles. The highest BCUT2D eigenvalue weighted by atomic mass is 79.9. The molecule has 3 rings (SSSR count). The van der Waals surface area contributed by atoms with Crippen molar-refractivity contribution in [2.24, 2.45) is 0 Å². The summed E-state index contributed by atoms with van der Waals surface area (Å²) in [4.78, 5) is 4.36. The fourth-order valence-electron chi connectivity index (χ4n) is 2.09. The van der Waals surface area contributed by atoms with E-state index < -0.39 is 0 Å². The second-order valence-corrected chi connectivity index (χ2v) is 5.16. The van der Waals surface area contributed by atoms with E-state index in [-0.39, 0.29) is 6.61 Å². The number of hydrogen-bond donors (Lipinski definition) is 1. The molecule has 0 aliphatic heterocycles. The van der Waals surface area contributed by atoms with Gasteiger partial charge in [-0.25, -0.2) is 9.67 Å². The zero-order valence-electron chi connectivity index (χ0n) is 10.7. The van der Waals surface area contributed by atoms with E-state index in [0.29, 0.717) is 11.5 Å². The molecule has 20 heavy (non-hydrogen) atoms. The van der Waals surface area contributed by atoms with Crippen LogP contribution < -0.4 is 4.74 Å². The summed E-state index contributed by atoms with van der Waals surface area (Å²) in [6, 6.07) is 9.31. The number of benzene rings is 1. The fourth-order valence-corrected chi connectivity index (χ4v) is 2.51. The predicted octanol–water partition coefficient (Wildman–Crippen LogP) is 2.68. The lowest BCUT2D eigenvalue weighted by molar-refractivity contribution is 0.276.